The van der Waals surface area contributed by atoms with Crippen molar-refractivity contribution in [1.82, 2.24) is 5.32 Å². The molecule has 3 aromatic rings. The summed E-state index contributed by atoms with van der Waals surface area (Å²) in [5.41, 5.74) is 2.00. The van der Waals surface area contributed by atoms with Crippen LogP contribution in [0.3, 0.4) is 0 Å². The fourth-order valence-electron chi connectivity index (χ4n) is 5.47. The minimum absolute atomic E-state index is 0.0344. The van der Waals surface area contributed by atoms with Gasteiger partial charge in [0.25, 0.3) is 5.92 Å². The van der Waals surface area contributed by atoms with E-state index in [0.29, 0.717) is 35.5 Å². The molecule has 2 aliphatic heterocycles. The first-order chi connectivity index (χ1) is 18.3. The predicted octanol–water partition coefficient (Wildman–Crippen LogP) is 5.24. The van der Waals surface area contributed by atoms with Crippen LogP contribution in [0.25, 0.3) is 0 Å². The Kier molecular flexibility index (Phi) is 6.03. The molecule has 9 heteroatoms. The Bertz CT molecular complexity index is 1380. The van der Waals surface area contributed by atoms with E-state index in [0.717, 1.165) is 5.56 Å². The first kappa shape index (κ1) is 24.4. The van der Waals surface area contributed by atoms with Gasteiger partial charge in [0.2, 0.25) is 12.7 Å². The van der Waals surface area contributed by atoms with Gasteiger partial charge in [-0.2, -0.15) is 0 Å². The molecule has 3 aromatic carbocycles. The molecule has 1 saturated carbocycles. The second kappa shape index (κ2) is 9.40. The maximum atomic E-state index is 14.9. The number of aromatic carboxylic acids is 1. The van der Waals surface area contributed by atoms with Crippen molar-refractivity contribution < 1.29 is 37.7 Å². The number of hydrogen-bond donors (Lipinski definition) is 2. The largest absolute Gasteiger partial charge is 0.478 e. The van der Waals surface area contributed by atoms with Crippen molar-refractivity contribution >= 4 is 11.9 Å². The van der Waals surface area contributed by atoms with Crippen LogP contribution in [-0.2, 0) is 9.53 Å². The van der Waals surface area contributed by atoms with Crippen molar-refractivity contribution in [1.29, 1.82) is 0 Å². The van der Waals surface area contributed by atoms with Crippen molar-refractivity contribution in [2.24, 2.45) is 5.92 Å². The van der Waals surface area contributed by atoms with E-state index in [2.05, 4.69) is 5.32 Å². The van der Waals surface area contributed by atoms with E-state index in [1.54, 1.807) is 30.3 Å². The molecule has 1 aliphatic carbocycles. The van der Waals surface area contributed by atoms with Crippen LogP contribution in [0, 0.1) is 5.92 Å². The van der Waals surface area contributed by atoms with E-state index < -0.39 is 47.9 Å². The minimum Gasteiger partial charge on any atom is -0.478 e. The Morgan fingerprint density at radius 2 is 1.55 bits per heavy atom. The zero-order chi connectivity index (χ0) is 26.4. The molecule has 5 atom stereocenters. The van der Waals surface area contributed by atoms with E-state index in [4.69, 9.17) is 14.2 Å². The van der Waals surface area contributed by atoms with Gasteiger partial charge in [-0.1, -0.05) is 48.5 Å². The molecule has 38 heavy (non-hydrogen) atoms. The Balaban J connectivity index is 1.22. The second-order valence-electron chi connectivity index (χ2n) is 9.87. The third-order valence-corrected chi connectivity index (χ3v) is 7.44. The normalized spacial score (nSPS) is 26.9. The Labute approximate surface area is 217 Å². The van der Waals surface area contributed by atoms with Crippen LogP contribution in [0.4, 0.5) is 8.78 Å². The number of fused-ring (bicyclic) bond motifs is 1. The number of carbonyl (C=O) groups is 2. The van der Waals surface area contributed by atoms with Crippen LogP contribution in [0.15, 0.2) is 72.8 Å². The van der Waals surface area contributed by atoms with Crippen LogP contribution in [0.5, 0.6) is 11.5 Å². The van der Waals surface area contributed by atoms with Crippen molar-refractivity contribution in [2.45, 2.75) is 42.9 Å². The molecule has 7 nitrogen and oxygen atoms in total. The molecule has 2 unspecified atom stereocenters. The SMILES string of the molecule is O=C(O)c1cccc([C@H]2C[C@@H](NC(=O)C3C(c4ccc5c(c4)OCO5)C3(F)F)C[C@@H](c3ccccc3)O2)c1. The van der Waals surface area contributed by atoms with Crippen molar-refractivity contribution in [3.05, 3.63) is 95.1 Å². The number of carboxylic acids is 1. The summed E-state index contributed by atoms with van der Waals surface area (Å²) in [5.74, 6) is -6.81. The van der Waals surface area contributed by atoms with Gasteiger partial charge in [0, 0.05) is 6.04 Å². The molecule has 2 fully saturated rings. The molecule has 2 N–H and O–H groups in total. The van der Waals surface area contributed by atoms with Gasteiger partial charge in [0.05, 0.1) is 23.7 Å². The summed E-state index contributed by atoms with van der Waals surface area (Å²) in [7, 11) is 0. The number of nitrogens with one attached hydrogen (secondary N) is 1. The van der Waals surface area contributed by atoms with Crippen LogP contribution in [-0.4, -0.2) is 35.7 Å². The number of rotatable bonds is 6. The second-order valence-corrected chi connectivity index (χ2v) is 9.87. The maximum absolute atomic E-state index is 14.9. The number of carbonyl (C=O) groups excluding carboxylic acids is 1. The zero-order valence-corrected chi connectivity index (χ0v) is 20.2. The van der Waals surface area contributed by atoms with Gasteiger partial charge in [0.15, 0.2) is 11.5 Å². The molecular formula is C29H25F2NO6. The summed E-state index contributed by atoms with van der Waals surface area (Å²) in [6.07, 6.45) is -0.204. The summed E-state index contributed by atoms with van der Waals surface area (Å²) >= 11 is 0. The van der Waals surface area contributed by atoms with Crippen molar-refractivity contribution in [2.75, 3.05) is 6.79 Å². The highest BCUT2D eigenvalue weighted by Crippen LogP contribution is 2.62. The lowest BCUT2D eigenvalue weighted by Gasteiger charge is -2.36. The number of halogens is 2. The average Bonchev–Trinajstić information content (AvgIpc) is 3.24. The predicted molar refractivity (Wildman–Crippen MR) is 131 cm³/mol. The van der Waals surface area contributed by atoms with Crippen LogP contribution in [0.2, 0.25) is 0 Å². The number of alkyl halides is 2. The summed E-state index contributed by atoms with van der Waals surface area (Å²) in [4.78, 5) is 24.7. The van der Waals surface area contributed by atoms with E-state index in [-0.39, 0.29) is 12.4 Å². The number of amides is 1. The maximum Gasteiger partial charge on any atom is 0.335 e. The molecule has 3 aliphatic rings. The number of ether oxygens (including phenoxy) is 3. The molecule has 0 aromatic heterocycles. The van der Waals surface area contributed by atoms with Crippen LogP contribution >= 0.6 is 0 Å². The third-order valence-electron chi connectivity index (χ3n) is 7.44. The van der Waals surface area contributed by atoms with Gasteiger partial charge >= 0.3 is 5.97 Å². The summed E-state index contributed by atoms with van der Waals surface area (Å²) in [5, 5.41) is 12.3. The van der Waals surface area contributed by atoms with Crippen molar-refractivity contribution in [3.8, 4) is 11.5 Å². The summed E-state index contributed by atoms with van der Waals surface area (Å²) in [6, 6.07) is 20.1. The lowest BCUT2D eigenvalue weighted by atomic mass is 9.90. The van der Waals surface area contributed by atoms with Gasteiger partial charge in [-0.05, 0) is 53.8 Å². The molecule has 0 radical (unpaired) electrons. The summed E-state index contributed by atoms with van der Waals surface area (Å²) in [6.45, 7) is 0.0344. The van der Waals surface area contributed by atoms with Gasteiger partial charge in [-0.25, -0.2) is 13.6 Å². The molecule has 0 bridgehead atoms. The topological polar surface area (TPSA) is 94.1 Å². The summed E-state index contributed by atoms with van der Waals surface area (Å²) < 4.78 is 46.7. The van der Waals surface area contributed by atoms with Gasteiger partial charge < -0.3 is 24.6 Å². The third kappa shape index (κ3) is 4.47. The first-order valence-electron chi connectivity index (χ1n) is 12.4. The number of carboxylic acid groups (broad SMARTS) is 1. The molecule has 1 amide bonds. The Morgan fingerprint density at radius 3 is 2.32 bits per heavy atom. The number of benzene rings is 3. The molecule has 1 saturated heterocycles. The molecular weight excluding hydrogens is 496 g/mol. The Morgan fingerprint density at radius 1 is 0.842 bits per heavy atom. The Hall–Kier alpha value is -3.98. The fraction of sp³-hybridized carbons (Fsp3) is 0.310. The first-order valence-corrected chi connectivity index (χ1v) is 12.4. The zero-order valence-electron chi connectivity index (χ0n) is 20.2. The van der Waals surface area contributed by atoms with E-state index in [1.165, 1.54) is 12.1 Å². The standard InChI is InChI=1S/C29H25F2NO6/c30-29(31)25(18-9-10-21-24(12-18)37-15-36-21)26(29)27(33)32-20-13-22(16-5-2-1-3-6-16)38-23(14-20)17-7-4-8-19(11-17)28(34)35/h1-12,20,22-23,25-26H,13-15H2,(H,32,33)(H,34,35)/t20-,22-,23+,25?,26?/m0/s1. The highest BCUT2D eigenvalue weighted by atomic mass is 19.3. The smallest absolute Gasteiger partial charge is 0.335 e. The molecule has 2 heterocycles. The fourth-order valence-corrected chi connectivity index (χ4v) is 5.47. The molecule has 0 spiro atoms. The average molecular weight is 522 g/mol. The molecule has 6 rings (SSSR count). The lowest BCUT2D eigenvalue weighted by molar-refractivity contribution is -0.127. The highest BCUT2D eigenvalue weighted by Gasteiger charge is 2.72. The van der Waals surface area contributed by atoms with Crippen molar-refractivity contribution in [3.63, 3.8) is 0 Å². The van der Waals surface area contributed by atoms with Gasteiger partial charge in [-0.3, -0.25) is 4.79 Å². The minimum atomic E-state index is -3.18. The monoisotopic (exact) mass is 521 g/mol. The van der Waals surface area contributed by atoms with E-state index in [9.17, 15) is 23.5 Å². The van der Waals surface area contributed by atoms with Crippen LogP contribution in [0.1, 0.15) is 58.0 Å². The van der Waals surface area contributed by atoms with E-state index in [1.807, 2.05) is 30.3 Å². The lowest BCUT2D eigenvalue weighted by Crippen LogP contribution is -2.42. The van der Waals surface area contributed by atoms with Gasteiger partial charge in [-0.15, -0.1) is 0 Å². The van der Waals surface area contributed by atoms with Gasteiger partial charge in [0.1, 0.15) is 5.92 Å². The highest BCUT2D eigenvalue weighted by molar-refractivity contribution is 5.88. The van der Waals surface area contributed by atoms with Crippen LogP contribution < -0.4 is 14.8 Å². The number of hydrogen-bond acceptors (Lipinski definition) is 5. The quantitative estimate of drug-likeness (QED) is 0.461. The molecule has 196 valence electrons. The van der Waals surface area contributed by atoms with E-state index >= 15 is 0 Å².